The van der Waals surface area contributed by atoms with Gasteiger partial charge in [0, 0.05) is 42.1 Å². The first kappa shape index (κ1) is 16.1. The minimum absolute atomic E-state index is 0.159. The molecule has 130 valence electrons. The fourth-order valence-electron chi connectivity index (χ4n) is 3.26. The van der Waals surface area contributed by atoms with Crippen LogP contribution in [0.15, 0.2) is 73.1 Å². The van der Waals surface area contributed by atoms with Gasteiger partial charge in [-0.15, -0.1) is 0 Å². The SMILES string of the molecule is O=C(NCCn1c2ccccc2c2ccncc21)NCc1ccccc1. The summed E-state index contributed by atoms with van der Waals surface area (Å²) in [6.07, 6.45) is 3.69. The zero-order chi connectivity index (χ0) is 17.8. The Morgan fingerprint density at radius 2 is 1.65 bits per heavy atom. The van der Waals surface area contributed by atoms with E-state index in [9.17, 15) is 4.79 Å². The van der Waals surface area contributed by atoms with Gasteiger partial charge in [-0.05, 0) is 17.7 Å². The van der Waals surface area contributed by atoms with Crippen LogP contribution in [0.5, 0.6) is 0 Å². The summed E-state index contributed by atoms with van der Waals surface area (Å²) in [4.78, 5) is 16.3. The molecule has 0 saturated carbocycles. The van der Waals surface area contributed by atoms with Gasteiger partial charge in [0.15, 0.2) is 0 Å². The Bertz CT molecular complexity index is 986. The lowest BCUT2D eigenvalue weighted by atomic mass is 10.2. The maximum atomic E-state index is 12.0. The number of nitrogens with one attached hydrogen (secondary N) is 2. The van der Waals surface area contributed by atoms with Crippen LogP contribution in [0.25, 0.3) is 21.8 Å². The van der Waals surface area contributed by atoms with Crippen molar-refractivity contribution in [2.24, 2.45) is 0 Å². The summed E-state index contributed by atoms with van der Waals surface area (Å²) in [6, 6.07) is 20.0. The van der Waals surface area contributed by atoms with E-state index in [-0.39, 0.29) is 6.03 Å². The topological polar surface area (TPSA) is 59.0 Å². The molecule has 5 nitrogen and oxygen atoms in total. The number of carbonyl (C=O) groups excluding carboxylic acids is 1. The van der Waals surface area contributed by atoms with Crippen molar-refractivity contribution in [3.05, 3.63) is 78.6 Å². The highest BCUT2D eigenvalue weighted by Crippen LogP contribution is 2.27. The van der Waals surface area contributed by atoms with Gasteiger partial charge < -0.3 is 15.2 Å². The number of rotatable bonds is 5. The summed E-state index contributed by atoms with van der Waals surface area (Å²) in [7, 11) is 0. The molecule has 0 radical (unpaired) electrons. The molecule has 0 fully saturated rings. The minimum Gasteiger partial charge on any atom is -0.337 e. The lowest BCUT2D eigenvalue weighted by Gasteiger charge is -2.10. The van der Waals surface area contributed by atoms with Gasteiger partial charge in [0.05, 0.1) is 11.7 Å². The number of urea groups is 1. The van der Waals surface area contributed by atoms with Crippen molar-refractivity contribution >= 4 is 27.8 Å². The van der Waals surface area contributed by atoms with E-state index in [1.807, 2.05) is 60.9 Å². The lowest BCUT2D eigenvalue weighted by Crippen LogP contribution is -2.36. The molecule has 2 amide bonds. The number of hydrogen-bond donors (Lipinski definition) is 2. The number of para-hydroxylation sites is 1. The Balaban J connectivity index is 1.42. The molecule has 0 saturated heterocycles. The molecule has 2 N–H and O–H groups in total. The van der Waals surface area contributed by atoms with E-state index in [4.69, 9.17) is 0 Å². The summed E-state index contributed by atoms with van der Waals surface area (Å²) >= 11 is 0. The number of carbonyl (C=O) groups is 1. The Morgan fingerprint density at radius 3 is 2.54 bits per heavy atom. The predicted octanol–water partition coefficient (Wildman–Crippen LogP) is 3.69. The van der Waals surface area contributed by atoms with Crippen molar-refractivity contribution in [2.75, 3.05) is 6.54 Å². The first-order valence-corrected chi connectivity index (χ1v) is 8.69. The first-order chi connectivity index (χ1) is 12.8. The highest BCUT2D eigenvalue weighted by molar-refractivity contribution is 6.07. The van der Waals surface area contributed by atoms with Crippen molar-refractivity contribution in [1.29, 1.82) is 0 Å². The van der Waals surface area contributed by atoms with E-state index in [0.29, 0.717) is 19.6 Å². The van der Waals surface area contributed by atoms with Crippen LogP contribution >= 0.6 is 0 Å². The van der Waals surface area contributed by atoms with Gasteiger partial charge in [0.2, 0.25) is 0 Å². The van der Waals surface area contributed by atoms with Gasteiger partial charge in [0.1, 0.15) is 0 Å². The van der Waals surface area contributed by atoms with E-state index in [1.54, 1.807) is 0 Å². The second-order valence-electron chi connectivity index (χ2n) is 6.16. The van der Waals surface area contributed by atoms with Crippen LogP contribution < -0.4 is 10.6 Å². The molecule has 0 bridgehead atoms. The van der Waals surface area contributed by atoms with E-state index in [2.05, 4.69) is 32.3 Å². The summed E-state index contributed by atoms with van der Waals surface area (Å²) in [5.41, 5.74) is 3.32. The third-order valence-corrected chi connectivity index (χ3v) is 4.49. The van der Waals surface area contributed by atoms with Gasteiger partial charge in [-0.25, -0.2) is 4.79 Å². The van der Waals surface area contributed by atoms with Gasteiger partial charge in [0.25, 0.3) is 0 Å². The number of amides is 2. The monoisotopic (exact) mass is 344 g/mol. The molecule has 2 aromatic heterocycles. The fraction of sp³-hybridized carbons (Fsp3) is 0.143. The Labute approximate surface area is 151 Å². The third-order valence-electron chi connectivity index (χ3n) is 4.49. The van der Waals surface area contributed by atoms with Crippen LogP contribution in [-0.4, -0.2) is 22.1 Å². The van der Waals surface area contributed by atoms with E-state index in [0.717, 1.165) is 16.6 Å². The number of benzene rings is 2. The van der Waals surface area contributed by atoms with Crippen LogP contribution in [0, 0.1) is 0 Å². The fourth-order valence-corrected chi connectivity index (χ4v) is 3.26. The largest absolute Gasteiger partial charge is 0.337 e. The highest BCUT2D eigenvalue weighted by atomic mass is 16.2. The Morgan fingerprint density at radius 1 is 0.885 bits per heavy atom. The predicted molar refractivity (Wildman–Crippen MR) is 104 cm³/mol. The summed E-state index contributed by atoms with van der Waals surface area (Å²) in [6.45, 7) is 1.75. The standard InChI is InChI=1S/C21H20N4O/c26-21(24-14-16-6-2-1-3-7-16)23-12-13-25-19-9-5-4-8-17(19)18-10-11-22-15-20(18)25/h1-11,15H,12-14H2,(H2,23,24,26). The Hall–Kier alpha value is -3.34. The molecule has 0 spiro atoms. The van der Waals surface area contributed by atoms with Gasteiger partial charge >= 0.3 is 6.03 Å². The number of pyridine rings is 1. The smallest absolute Gasteiger partial charge is 0.315 e. The van der Waals surface area contributed by atoms with Crippen LogP contribution in [-0.2, 0) is 13.1 Å². The zero-order valence-corrected chi connectivity index (χ0v) is 14.4. The van der Waals surface area contributed by atoms with Crippen LogP contribution in [0.2, 0.25) is 0 Å². The van der Waals surface area contributed by atoms with Crippen molar-refractivity contribution in [2.45, 2.75) is 13.1 Å². The van der Waals surface area contributed by atoms with Crippen LogP contribution in [0.3, 0.4) is 0 Å². The van der Waals surface area contributed by atoms with Crippen LogP contribution in [0.4, 0.5) is 4.79 Å². The average Bonchev–Trinajstić information content (AvgIpc) is 3.02. The molecule has 0 aliphatic carbocycles. The molecule has 4 rings (SSSR count). The normalized spacial score (nSPS) is 10.9. The molecule has 0 atom stereocenters. The number of nitrogens with zero attached hydrogens (tertiary/aromatic N) is 2. The maximum absolute atomic E-state index is 12.0. The summed E-state index contributed by atoms with van der Waals surface area (Å²) in [5.74, 6) is 0. The third kappa shape index (κ3) is 3.24. The minimum atomic E-state index is -0.159. The van der Waals surface area contributed by atoms with Gasteiger partial charge in [-0.2, -0.15) is 0 Å². The molecule has 0 aliphatic heterocycles. The van der Waals surface area contributed by atoms with Crippen molar-refractivity contribution in [3.63, 3.8) is 0 Å². The number of fused-ring (bicyclic) bond motifs is 3. The highest BCUT2D eigenvalue weighted by Gasteiger charge is 2.10. The molecule has 5 heteroatoms. The van der Waals surface area contributed by atoms with E-state index >= 15 is 0 Å². The molecule has 0 aliphatic rings. The van der Waals surface area contributed by atoms with Crippen molar-refractivity contribution < 1.29 is 4.79 Å². The molecule has 2 aromatic carbocycles. The molecule has 0 unspecified atom stereocenters. The van der Waals surface area contributed by atoms with Crippen molar-refractivity contribution in [1.82, 2.24) is 20.2 Å². The quantitative estimate of drug-likeness (QED) is 0.580. The second-order valence-corrected chi connectivity index (χ2v) is 6.16. The van der Waals surface area contributed by atoms with Crippen molar-refractivity contribution in [3.8, 4) is 0 Å². The maximum Gasteiger partial charge on any atom is 0.315 e. The molecule has 2 heterocycles. The average molecular weight is 344 g/mol. The summed E-state index contributed by atoms with van der Waals surface area (Å²) in [5, 5.41) is 8.20. The van der Waals surface area contributed by atoms with Gasteiger partial charge in [-0.1, -0.05) is 48.5 Å². The summed E-state index contributed by atoms with van der Waals surface area (Å²) < 4.78 is 2.20. The Kier molecular flexibility index (Phi) is 4.51. The molecular weight excluding hydrogens is 324 g/mol. The van der Waals surface area contributed by atoms with E-state index in [1.165, 1.54) is 10.8 Å². The number of hydrogen-bond acceptors (Lipinski definition) is 2. The van der Waals surface area contributed by atoms with E-state index < -0.39 is 0 Å². The molecule has 4 aromatic rings. The van der Waals surface area contributed by atoms with Crippen LogP contribution in [0.1, 0.15) is 5.56 Å². The molecular formula is C21H20N4O. The first-order valence-electron chi connectivity index (χ1n) is 8.69. The molecule has 26 heavy (non-hydrogen) atoms. The number of aromatic nitrogens is 2. The van der Waals surface area contributed by atoms with Gasteiger partial charge in [-0.3, -0.25) is 4.98 Å². The lowest BCUT2D eigenvalue weighted by molar-refractivity contribution is 0.240. The zero-order valence-electron chi connectivity index (χ0n) is 14.4. The second kappa shape index (κ2) is 7.27.